The van der Waals surface area contributed by atoms with Gasteiger partial charge in [-0.1, -0.05) is 44.5 Å². The zero-order valence-corrected chi connectivity index (χ0v) is 23.5. The van der Waals surface area contributed by atoms with Gasteiger partial charge in [0.2, 0.25) is 10.0 Å². The SMILES string of the molecule is COC(=O)N1Cc2ccccc2C=C1C(=O)NCCCCC(CO)N(CC(C)C)S(=O)(=O)c1ccc(N)cc1. The number of ether oxygens (including phenoxy) is 1. The van der Waals surface area contributed by atoms with Crippen molar-refractivity contribution >= 4 is 33.8 Å². The van der Waals surface area contributed by atoms with E-state index in [2.05, 4.69) is 5.32 Å². The number of carbonyl (C=O) groups excluding carboxylic acids is 2. The maximum atomic E-state index is 13.4. The third-order valence-corrected chi connectivity index (χ3v) is 8.43. The van der Waals surface area contributed by atoms with E-state index in [0.717, 1.165) is 11.1 Å². The van der Waals surface area contributed by atoms with Gasteiger partial charge in [-0.15, -0.1) is 0 Å². The molecule has 3 rings (SSSR count). The highest BCUT2D eigenvalue weighted by Crippen LogP contribution is 2.26. The van der Waals surface area contributed by atoms with Gasteiger partial charge >= 0.3 is 6.09 Å². The molecule has 11 heteroatoms. The second-order valence-corrected chi connectivity index (χ2v) is 11.8. The zero-order valence-electron chi connectivity index (χ0n) is 22.7. The van der Waals surface area contributed by atoms with E-state index in [-0.39, 0.29) is 36.2 Å². The van der Waals surface area contributed by atoms with Crippen LogP contribution in [0, 0.1) is 5.92 Å². The fourth-order valence-electron chi connectivity index (χ4n) is 4.46. The highest BCUT2D eigenvalue weighted by molar-refractivity contribution is 7.89. The van der Waals surface area contributed by atoms with E-state index in [1.54, 1.807) is 18.2 Å². The Balaban J connectivity index is 1.62. The molecule has 0 saturated carbocycles. The van der Waals surface area contributed by atoms with Crippen molar-refractivity contribution in [2.75, 3.05) is 32.5 Å². The van der Waals surface area contributed by atoms with Crippen molar-refractivity contribution in [2.24, 2.45) is 5.92 Å². The predicted molar refractivity (Wildman–Crippen MR) is 150 cm³/mol. The van der Waals surface area contributed by atoms with E-state index in [4.69, 9.17) is 10.5 Å². The minimum absolute atomic E-state index is 0.0496. The molecule has 1 heterocycles. The molecule has 0 saturated heterocycles. The van der Waals surface area contributed by atoms with E-state index in [9.17, 15) is 23.1 Å². The molecule has 1 atom stereocenters. The van der Waals surface area contributed by atoms with E-state index < -0.39 is 28.1 Å². The van der Waals surface area contributed by atoms with E-state index in [1.807, 2.05) is 38.1 Å². The maximum absolute atomic E-state index is 13.4. The average Bonchev–Trinajstić information content (AvgIpc) is 2.92. The summed E-state index contributed by atoms with van der Waals surface area (Å²) in [6.45, 7) is 4.33. The Morgan fingerprint density at radius 2 is 1.82 bits per heavy atom. The van der Waals surface area contributed by atoms with Crippen molar-refractivity contribution in [3.8, 4) is 0 Å². The van der Waals surface area contributed by atoms with Crippen molar-refractivity contribution in [3.05, 3.63) is 65.4 Å². The summed E-state index contributed by atoms with van der Waals surface area (Å²) >= 11 is 0. The summed E-state index contributed by atoms with van der Waals surface area (Å²) in [5.74, 6) is -0.352. The summed E-state index contributed by atoms with van der Waals surface area (Å²) < 4.78 is 33.0. The summed E-state index contributed by atoms with van der Waals surface area (Å²) in [6.07, 6.45) is 2.59. The summed E-state index contributed by atoms with van der Waals surface area (Å²) in [5.41, 5.74) is 8.16. The van der Waals surface area contributed by atoms with Crippen LogP contribution in [0.3, 0.4) is 0 Å². The minimum Gasteiger partial charge on any atom is -0.452 e. The second kappa shape index (κ2) is 13.6. The van der Waals surface area contributed by atoms with Crippen LogP contribution in [0.5, 0.6) is 0 Å². The van der Waals surface area contributed by atoms with Crippen LogP contribution in [0.2, 0.25) is 0 Å². The van der Waals surface area contributed by atoms with Crippen molar-refractivity contribution in [1.29, 1.82) is 0 Å². The molecule has 10 nitrogen and oxygen atoms in total. The number of aliphatic hydroxyl groups excluding tert-OH is 1. The number of aliphatic hydroxyl groups is 1. The standard InChI is InChI=1S/C28H38N4O6S/c1-20(2)17-32(39(36,37)25-13-11-23(29)12-14-25)24(19-33)10-6-7-15-30-27(34)26-16-21-8-4-5-9-22(21)18-31(26)28(35)38-3/h4-5,8-9,11-14,16,20,24,33H,6-7,10,15,17-19,29H2,1-3H3,(H,30,34). The van der Waals surface area contributed by atoms with Crippen LogP contribution in [-0.4, -0.2) is 67.6 Å². The Morgan fingerprint density at radius 3 is 2.46 bits per heavy atom. The summed E-state index contributed by atoms with van der Waals surface area (Å²) in [6, 6.07) is 12.9. The highest BCUT2D eigenvalue weighted by atomic mass is 32.2. The topological polar surface area (TPSA) is 142 Å². The average molecular weight is 559 g/mol. The van der Waals surface area contributed by atoms with Crippen LogP contribution in [0.15, 0.2) is 59.1 Å². The lowest BCUT2D eigenvalue weighted by molar-refractivity contribution is -0.118. The summed E-state index contributed by atoms with van der Waals surface area (Å²) in [4.78, 5) is 26.7. The Hall–Kier alpha value is -3.41. The molecule has 0 radical (unpaired) electrons. The van der Waals surface area contributed by atoms with Crippen LogP contribution in [0.4, 0.5) is 10.5 Å². The predicted octanol–water partition coefficient (Wildman–Crippen LogP) is 3.19. The van der Waals surface area contributed by atoms with E-state index in [1.165, 1.54) is 28.4 Å². The van der Waals surface area contributed by atoms with E-state index in [0.29, 0.717) is 31.5 Å². The molecule has 1 aliphatic heterocycles. The van der Waals surface area contributed by atoms with Gasteiger partial charge < -0.3 is 20.9 Å². The highest BCUT2D eigenvalue weighted by Gasteiger charge is 2.32. The lowest BCUT2D eigenvalue weighted by atomic mass is 10.0. The lowest BCUT2D eigenvalue weighted by Crippen LogP contribution is -2.44. The van der Waals surface area contributed by atoms with Gasteiger partial charge in [0.15, 0.2) is 0 Å². The van der Waals surface area contributed by atoms with Crippen molar-refractivity contribution < 1.29 is 27.9 Å². The number of sulfonamides is 1. The Morgan fingerprint density at radius 1 is 1.13 bits per heavy atom. The van der Waals surface area contributed by atoms with Gasteiger partial charge in [-0.25, -0.2) is 13.2 Å². The van der Waals surface area contributed by atoms with Gasteiger partial charge in [-0.05, 0) is 60.2 Å². The van der Waals surface area contributed by atoms with Crippen molar-refractivity contribution in [1.82, 2.24) is 14.5 Å². The Labute approximate surface area is 230 Å². The first-order valence-electron chi connectivity index (χ1n) is 13.0. The first-order chi connectivity index (χ1) is 18.6. The number of unbranched alkanes of at least 4 members (excludes halogenated alkanes) is 1. The first-order valence-corrected chi connectivity index (χ1v) is 14.4. The van der Waals surface area contributed by atoms with Gasteiger partial charge in [0, 0.05) is 24.8 Å². The number of nitrogen functional groups attached to an aromatic ring is 1. The van der Waals surface area contributed by atoms with Gasteiger partial charge in [0.1, 0.15) is 5.70 Å². The molecule has 2 aromatic rings. The number of methoxy groups -OCH3 is 1. The molecule has 2 aromatic carbocycles. The molecule has 4 N–H and O–H groups in total. The molecular formula is C28H38N4O6S. The van der Waals surface area contributed by atoms with Crippen molar-refractivity contribution in [2.45, 2.75) is 50.6 Å². The number of fused-ring (bicyclic) bond motifs is 1. The van der Waals surface area contributed by atoms with E-state index >= 15 is 0 Å². The number of hydrogen-bond acceptors (Lipinski definition) is 7. The molecule has 0 aromatic heterocycles. The largest absolute Gasteiger partial charge is 0.452 e. The smallest absolute Gasteiger partial charge is 0.414 e. The third-order valence-electron chi connectivity index (χ3n) is 6.49. The zero-order chi connectivity index (χ0) is 28.6. The fraction of sp³-hybridized carbons (Fsp3) is 0.429. The molecule has 2 amide bonds. The molecular weight excluding hydrogens is 520 g/mol. The number of benzene rings is 2. The molecule has 0 fully saturated rings. The summed E-state index contributed by atoms with van der Waals surface area (Å²) in [5, 5.41) is 13.0. The number of amides is 2. The van der Waals surface area contributed by atoms with Gasteiger partial charge in [-0.3, -0.25) is 9.69 Å². The lowest BCUT2D eigenvalue weighted by Gasteiger charge is -2.31. The van der Waals surface area contributed by atoms with Gasteiger partial charge in [0.25, 0.3) is 5.91 Å². The molecule has 0 bridgehead atoms. The molecule has 0 spiro atoms. The number of carbonyl (C=O) groups is 2. The van der Waals surface area contributed by atoms with Crippen molar-refractivity contribution in [3.63, 3.8) is 0 Å². The van der Waals surface area contributed by atoms with Crippen LogP contribution in [-0.2, 0) is 26.1 Å². The Kier molecular flexibility index (Phi) is 10.5. The minimum atomic E-state index is -3.84. The molecule has 212 valence electrons. The molecule has 0 aliphatic carbocycles. The molecule has 1 unspecified atom stereocenters. The number of hydrogen-bond donors (Lipinski definition) is 3. The number of nitrogens with one attached hydrogen (secondary N) is 1. The van der Waals surface area contributed by atoms with Gasteiger partial charge in [0.05, 0.1) is 25.2 Å². The molecule has 39 heavy (non-hydrogen) atoms. The third kappa shape index (κ3) is 7.59. The number of rotatable bonds is 12. The maximum Gasteiger partial charge on any atom is 0.414 e. The quantitative estimate of drug-likeness (QED) is 0.268. The van der Waals surface area contributed by atoms with Gasteiger partial charge in [-0.2, -0.15) is 4.31 Å². The van der Waals surface area contributed by atoms with Crippen LogP contribution >= 0.6 is 0 Å². The van der Waals surface area contributed by atoms with Crippen LogP contribution in [0.25, 0.3) is 6.08 Å². The Bertz CT molecular complexity index is 1280. The number of nitrogens with zero attached hydrogens (tertiary/aromatic N) is 2. The fourth-order valence-corrected chi connectivity index (χ4v) is 6.27. The number of anilines is 1. The van der Waals surface area contributed by atoms with Crippen LogP contribution in [0.1, 0.15) is 44.2 Å². The number of nitrogens with two attached hydrogens (primary N) is 1. The normalized spacial score (nSPS) is 14.1. The van der Waals surface area contributed by atoms with Crippen LogP contribution < -0.4 is 11.1 Å². The first kappa shape index (κ1) is 30.1. The molecule has 1 aliphatic rings. The summed E-state index contributed by atoms with van der Waals surface area (Å²) in [7, 11) is -2.58. The monoisotopic (exact) mass is 558 g/mol. The second-order valence-electron chi connectivity index (χ2n) is 9.91.